The van der Waals surface area contributed by atoms with E-state index in [2.05, 4.69) is 50.4 Å². The number of amides is 1. The number of rotatable bonds is 12. The molecule has 0 unspecified atom stereocenters. The first-order valence-electron chi connectivity index (χ1n) is 12.6. The third kappa shape index (κ3) is 6.06. The smallest absolute Gasteiger partial charge is 0.306 e. The highest BCUT2D eigenvalue weighted by Gasteiger charge is 2.30. The molecule has 34 heavy (non-hydrogen) atoms. The summed E-state index contributed by atoms with van der Waals surface area (Å²) < 4.78 is 5.69. The van der Waals surface area contributed by atoms with E-state index in [1.54, 1.807) is 6.92 Å². The van der Waals surface area contributed by atoms with Crippen LogP contribution in [0.3, 0.4) is 0 Å². The van der Waals surface area contributed by atoms with Crippen LogP contribution < -0.4 is 5.32 Å². The third-order valence-electron chi connectivity index (χ3n) is 7.29. The van der Waals surface area contributed by atoms with E-state index in [1.807, 2.05) is 24.3 Å². The molecule has 0 aliphatic heterocycles. The summed E-state index contributed by atoms with van der Waals surface area (Å²) in [5.74, 6) is -0.338. The molecular formula is C29H39NO4. The summed E-state index contributed by atoms with van der Waals surface area (Å²) in [5.41, 5.74) is 4.74. The lowest BCUT2D eigenvalue weighted by Gasteiger charge is -2.31. The van der Waals surface area contributed by atoms with E-state index < -0.39 is 5.92 Å². The number of fused-ring (bicyclic) bond motifs is 3. The van der Waals surface area contributed by atoms with Crippen molar-refractivity contribution in [3.05, 3.63) is 59.7 Å². The maximum atomic E-state index is 12.9. The Morgan fingerprint density at radius 2 is 1.56 bits per heavy atom. The number of esters is 1. The van der Waals surface area contributed by atoms with Gasteiger partial charge in [0.1, 0.15) is 6.61 Å². The second-order valence-corrected chi connectivity index (χ2v) is 9.78. The number of nitrogens with one attached hydrogen (secondary N) is 1. The maximum Gasteiger partial charge on any atom is 0.306 e. The van der Waals surface area contributed by atoms with Crippen LogP contribution in [0.25, 0.3) is 11.1 Å². The van der Waals surface area contributed by atoms with Crippen LogP contribution in [-0.4, -0.2) is 36.2 Å². The summed E-state index contributed by atoms with van der Waals surface area (Å²) in [5, 5.41) is 12.3. The summed E-state index contributed by atoms with van der Waals surface area (Å²) in [7, 11) is 0. The van der Waals surface area contributed by atoms with E-state index in [0.29, 0.717) is 5.92 Å². The van der Waals surface area contributed by atoms with Gasteiger partial charge in [-0.1, -0.05) is 82.6 Å². The molecular weight excluding hydrogens is 426 g/mol. The molecule has 4 atom stereocenters. The first-order chi connectivity index (χ1) is 16.4. The van der Waals surface area contributed by atoms with Crippen LogP contribution in [0.4, 0.5) is 0 Å². The molecule has 0 bridgehead atoms. The molecule has 2 N–H and O–H groups in total. The quantitative estimate of drug-likeness (QED) is 0.417. The van der Waals surface area contributed by atoms with Crippen molar-refractivity contribution in [2.24, 2.45) is 17.8 Å². The van der Waals surface area contributed by atoms with Crippen molar-refractivity contribution in [3.63, 3.8) is 0 Å². The number of carbonyl (C=O) groups is 2. The van der Waals surface area contributed by atoms with Gasteiger partial charge in [0.2, 0.25) is 5.91 Å². The van der Waals surface area contributed by atoms with Gasteiger partial charge >= 0.3 is 5.97 Å². The fourth-order valence-electron chi connectivity index (χ4n) is 5.02. The molecule has 0 aromatic heterocycles. The normalized spacial score (nSPS) is 16.1. The number of aliphatic hydroxyl groups excluding tert-OH is 1. The summed E-state index contributed by atoms with van der Waals surface area (Å²) >= 11 is 0. The second kappa shape index (κ2) is 12.2. The molecule has 0 saturated carbocycles. The maximum absolute atomic E-state index is 12.9. The zero-order valence-electron chi connectivity index (χ0n) is 20.9. The predicted molar refractivity (Wildman–Crippen MR) is 135 cm³/mol. The standard InChI is InChI=1S/C29H39NO4/c1-5-19(2)28(20(3)11-10-16-31)30-29(33)21(4)17-27(32)34-18-26-24-14-8-6-12-22(24)23-13-7-9-15-25(23)26/h6-9,12-15,19-21,26,28,31H,5,10-11,16-18H2,1-4H3,(H,30,33)/t19-,20-,21-,28+/m0/s1. The molecule has 1 amide bonds. The molecule has 0 saturated heterocycles. The highest BCUT2D eigenvalue weighted by atomic mass is 16.5. The van der Waals surface area contributed by atoms with E-state index in [9.17, 15) is 9.59 Å². The van der Waals surface area contributed by atoms with Gasteiger partial charge in [0.25, 0.3) is 0 Å². The minimum atomic E-state index is -0.466. The van der Waals surface area contributed by atoms with Crippen molar-refractivity contribution >= 4 is 11.9 Å². The Morgan fingerprint density at radius 3 is 2.12 bits per heavy atom. The highest BCUT2D eigenvalue weighted by molar-refractivity contribution is 5.84. The SMILES string of the molecule is CC[C@H](C)[C@@H](NC(=O)[C@@H](C)CC(=O)OCC1c2ccccc2-c2ccccc21)[C@@H](C)CCCO. The molecule has 3 rings (SSSR count). The first kappa shape index (κ1) is 26.0. The van der Waals surface area contributed by atoms with Crippen molar-refractivity contribution in [3.8, 4) is 11.1 Å². The molecule has 184 valence electrons. The summed E-state index contributed by atoms with van der Waals surface area (Å²) in [6, 6.07) is 16.5. The molecule has 5 heteroatoms. The molecule has 0 heterocycles. The fraction of sp³-hybridized carbons (Fsp3) is 0.517. The van der Waals surface area contributed by atoms with E-state index in [-0.39, 0.29) is 49.4 Å². The number of ether oxygens (including phenoxy) is 1. The number of hydrogen-bond acceptors (Lipinski definition) is 4. The van der Waals surface area contributed by atoms with Gasteiger partial charge in [0.15, 0.2) is 0 Å². The topological polar surface area (TPSA) is 75.6 Å². The number of hydrogen-bond donors (Lipinski definition) is 2. The summed E-state index contributed by atoms with van der Waals surface area (Å²) in [6.07, 6.45) is 2.58. The zero-order chi connectivity index (χ0) is 24.7. The Bertz CT molecular complexity index is 927. The Morgan fingerprint density at radius 1 is 0.971 bits per heavy atom. The van der Waals surface area contributed by atoms with Gasteiger partial charge in [-0.2, -0.15) is 0 Å². The first-order valence-corrected chi connectivity index (χ1v) is 12.6. The summed E-state index contributed by atoms with van der Waals surface area (Å²) in [4.78, 5) is 25.6. The van der Waals surface area contributed by atoms with E-state index in [1.165, 1.54) is 22.3 Å². The largest absolute Gasteiger partial charge is 0.465 e. The van der Waals surface area contributed by atoms with Crippen molar-refractivity contribution in [2.45, 2.75) is 65.3 Å². The Kier molecular flexibility index (Phi) is 9.28. The number of aliphatic hydroxyl groups is 1. The van der Waals surface area contributed by atoms with Gasteiger partial charge in [0.05, 0.1) is 6.42 Å². The Balaban J connectivity index is 1.57. The van der Waals surface area contributed by atoms with Crippen LogP contribution >= 0.6 is 0 Å². The van der Waals surface area contributed by atoms with Crippen molar-refractivity contribution in [1.82, 2.24) is 5.32 Å². The van der Waals surface area contributed by atoms with Gasteiger partial charge in [-0.25, -0.2) is 0 Å². The molecule has 1 aliphatic rings. The van der Waals surface area contributed by atoms with Crippen molar-refractivity contribution in [2.75, 3.05) is 13.2 Å². The average molecular weight is 466 g/mol. The predicted octanol–water partition coefficient (Wildman–Crippen LogP) is 5.31. The van der Waals surface area contributed by atoms with Crippen LogP contribution in [0.5, 0.6) is 0 Å². The van der Waals surface area contributed by atoms with Gasteiger partial charge in [0, 0.05) is 24.5 Å². The fourth-order valence-corrected chi connectivity index (χ4v) is 5.02. The van der Waals surface area contributed by atoms with Gasteiger partial charge in [-0.05, 0) is 46.9 Å². The molecule has 0 radical (unpaired) electrons. The van der Waals surface area contributed by atoms with Crippen LogP contribution in [0.1, 0.15) is 70.4 Å². The van der Waals surface area contributed by atoms with Crippen LogP contribution in [0.15, 0.2) is 48.5 Å². The highest BCUT2D eigenvalue weighted by Crippen LogP contribution is 2.44. The molecule has 0 fully saturated rings. The van der Waals surface area contributed by atoms with Crippen molar-refractivity contribution < 1.29 is 19.4 Å². The van der Waals surface area contributed by atoms with Crippen LogP contribution in [-0.2, 0) is 14.3 Å². The monoisotopic (exact) mass is 465 g/mol. The van der Waals surface area contributed by atoms with Gasteiger partial charge in [-0.3, -0.25) is 9.59 Å². The molecule has 5 nitrogen and oxygen atoms in total. The molecule has 0 spiro atoms. The minimum Gasteiger partial charge on any atom is -0.465 e. The van der Waals surface area contributed by atoms with E-state index >= 15 is 0 Å². The number of benzene rings is 2. The zero-order valence-corrected chi connectivity index (χ0v) is 20.9. The average Bonchev–Trinajstić information content (AvgIpc) is 3.17. The van der Waals surface area contributed by atoms with Crippen LogP contribution in [0, 0.1) is 17.8 Å². The van der Waals surface area contributed by atoms with Gasteiger partial charge in [-0.15, -0.1) is 0 Å². The summed E-state index contributed by atoms with van der Waals surface area (Å²) in [6.45, 7) is 8.57. The lowest BCUT2D eigenvalue weighted by atomic mass is 9.85. The molecule has 1 aliphatic carbocycles. The molecule has 2 aromatic rings. The van der Waals surface area contributed by atoms with Crippen molar-refractivity contribution in [1.29, 1.82) is 0 Å². The minimum absolute atomic E-state index is 0.0163. The molecule has 2 aromatic carbocycles. The van der Waals surface area contributed by atoms with Crippen LogP contribution in [0.2, 0.25) is 0 Å². The lowest BCUT2D eigenvalue weighted by Crippen LogP contribution is -2.46. The third-order valence-corrected chi connectivity index (χ3v) is 7.29. The van der Waals surface area contributed by atoms with E-state index in [4.69, 9.17) is 9.84 Å². The van der Waals surface area contributed by atoms with Gasteiger partial charge < -0.3 is 15.2 Å². The Hall–Kier alpha value is -2.66. The van der Waals surface area contributed by atoms with E-state index in [0.717, 1.165) is 19.3 Å². The lowest BCUT2D eigenvalue weighted by molar-refractivity contribution is -0.147. The number of carbonyl (C=O) groups excluding carboxylic acids is 2. The Labute approximate surface area is 203 Å². The second-order valence-electron chi connectivity index (χ2n) is 9.78.